The molecule has 1 N–H and O–H groups in total. The van der Waals surface area contributed by atoms with Crippen molar-refractivity contribution in [3.63, 3.8) is 0 Å². The molecule has 0 amide bonds. The van der Waals surface area contributed by atoms with Crippen molar-refractivity contribution in [1.29, 1.82) is 0 Å². The third kappa shape index (κ3) is 3.39. The maximum atomic E-state index is 4.26. The predicted octanol–water partition coefficient (Wildman–Crippen LogP) is 2.87. The Labute approximate surface area is 123 Å². The van der Waals surface area contributed by atoms with E-state index < -0.39 is 0 Å². The minimum Gasteiger partial charge on any atom is -0.315 e. The van der Waals surface area contributed by atoms with E-state index in [-0.39, 0.29) is 5.54 Å². The number of rotatable bonds is 5. The largest absolute Gasteiger partial charge is 0.315 e. The van der Waals surface area contributed by atoms with Gasteiger partial charge in [0.05, 0.1) is 0 Å². The van der Waals surface area contributed by atoms with Gasteiger partial charge in [0.25, 0.3) is 0 Å². The van der Waals surface area contributed by atoms with Gasteiger partial charge in [-0.05, 0) is 52.0 Å². The Hall–Kier alpha value is -0.930. The lowest BCUT2D eigenvalue weighted by atomic mass is 9.79. The Morgan fingerprint density at radius 1 is 1.25 bits per heavy atom. The van der Waals surface area contributed by atoms with Crippen LogP contribution in [0.5, 0.6) is 0 Å². The third-order valence-electron chi connectivity index (χ3n) is 5.02. The molecule has 20 heavy (non-hydrogen) atoms. The molecule has 112 valence electrons. The zero-order valence-electron chi connectivity index (χ0n) is 13.2. The Morgan fingerprint density at radius 3 is 2.45 bits per heavy atom. The molecule has 0 saturated heterocycles. The topological polar surface area (TPSA) is 28.2 Å². The highest BCUT2D eigenvalue weighted by molar-refractivity contribution is 5.13. The summed E-state index contributed by atoms with van der Waals surface area (Å²) in [6, 6.07) is 4.72. The standard InChI is InChI=1S/C17H29N3/c1-18-16(13-15-9-8-12-19-14-15)17(20(2)3)10-6-4-5-7-11-17/h8-9,12,14,16,18H,4-7,10-11,13H2,1-3H3. The van der Waals surface area contributed by atoms with Crippen LogP contribution in [-0.4, -0.2) is 42.6 Å². The second-order valence-corrected chi connectivity index (χ2v) is 6.32. The normalized spacial score (nSPS) is 20.6. The van der Waals surface area contributed by atoms with Crippen molar-refractivity contribution in [2.45, 2.75) is 56.5 Å². The van der Waals surface area contributed by atoms with Crippen LogP contribution in [0.4, 0.5) is 0 Å². The van der Waals surface area contributed by atoms with Gasteiger partial charge in [0.15, 0.2) is 0 Å². The van der Waals surface area contributed by atoms with Crippen molar-refractivity contribution in [2.75, 3.05) is 21.1 Å². The lowest BCUT2D eigenvalue weighted by Gasteiger charge is -2.46. The SMILES string of the molecule is CNC(Cc1cccnc1)C1(N(C)C)CCCCCC1. The lowest BCUT2D eigenvalue weighted by molar-refractivity contribution is 0.0835. The number of nitrogens with one attached hydrogen (secondary N) is 1. The summed E-state index contributed by atoms with van der Waals surface area (Å²) in [4.78, 5) is 6.73. The van der Waals surface area contributed by atoms with Crippen molar-refractivity contribution >= 4 is 0 Å². The summed E-state index contributed by atoms with van der Waals surface area (Å²) in [5, 5.41) is 3.60. The van der Waals surface area contributed by atoms with E-state index in [1.807, 2.05) is 18.5 Å². The molecule has 0 bridgehead atoms. The summed E-state index contributed by atoms with van der Waals surface area (Å²) in [7, 11) is 6.61. The fourth-order valence-corrected chi connectivity index (χ4v) is 3.76. The molecule has 0 radical (unpaired) electrons. The van der Waals surface area contributed by atoms with Gasteiger partial charge >= 0.3 is 0 Å². The molecule has 1 atom stereocenters. The van der Waals surface area contributed by atoms with Gasteiger partial charge in [-0.15, -0.1) is 0 Å². The van der Waals surface area contributed by atoms with Crippen molar-refractivity contribution in [2.24, 2.45) is 0 Å². The fourth-order valence-electron chi connectivity index (χ4n) is 3.76. The van der Waals surface area contributed by atoms with Crippen LogP contribution in [-0.2, 0) is 6.42 Å². The van der Waals surface area contributed by atoms with Crippen LogP contribution < -0.4 is 5.32 Å². The number of nitrogens with zero attached hydrogens (tertiary/aromatic N) is 2. The molecule has 1 aliphatic rings. The first-order valence-electron chi connectivity index (χ1n) is 7.92. The summed E-state index contributed by atoms with van der Waals surface area (Å²) < 4.78 is 0. The third-order valence-corrected chi connectivity index (χ3v) is 5.02. The Kier molecular flexibility index (Phi) is 5.55. The minimum atomic E-state index is 0.279. The van der Waals surface area contributed by atoms with Gasteiger partial charge in [-0.1, -0.05) is 31.7 Å². The van der Waals surface area contributed by atoms with Crippen LogP contribution in [0, 0.1) is 0 Å². The molecular weight excluding hydrogens is 246 g/mol. The van der Waals surface area contributed by atoms with Gasteiger partial charge < -0.3 is 10.2 Å². The van der Waals surface area contributed by atoms with Crippen molar-refractivity contribution < 1.29 is 0 Å². The molecule has 1 fully saturated rings. The molecule has 2 rings (SSSR count). The highest BCUT2D eigenvalue weighted by atomic mass is 15.2. The Bertz CT molecular complexity index is 380. The van der Waals surface area contributed by atoms with Gasteiger partial charge in [0.1, 0.15) is 0 Å². The first-order chi connectivity index (χ1) is 9.69. The average Bonchev–Trinajstić information content (AvgIpc) is 2.72. The van der Waals surface area contributed by atoms with Crippen molar-refractivity contribution in [1.82, 2.24) is 15.2 Å². The van der Waals surface area contributed by atoms with Crippen LogP contribution in [0.3, 0.4) is 0 Å². The molecule has 0 spiro atoms. The van der Waals surface area contributed by atoms with Crippen molar-refractivity contribution in [3.05, 3.63) is 30.1 Å². The van der Waals surface area contributed by atoms with E-state index in [0.717, 1.165) is 6.42 Å². The fraction of sp³-hybridized carbons (Fsp3) is 0.706. The Morgan fingerprint density at radius 2 is 1.95 bits per heavy atom. The first-order valence-corrected chi connectivity index (χ1v) is 7.92. The Balaban J connectivity index is 2.20. The molecule has 1 unspecified atom stereocenters. The predicted molar refractivity (Wildman–Crippen MR) is 84.9 cm³/mol. The average molecular weight is 275 g/mol. The van der Waals surface area contributed by atoms with Gasteiger partial charge in [-0.3, -0.25) is 4.98 Å². The summed E-state index contributed by atoms with van der Waals surface area (Å²) in [5.74, 6) is 0. The highest BCUT2D eigenvalue weighted by Crippen LogP contribution is 2.35. The zero-order valence-corrected chi connectivity index (χ0v) is 13.2. The number of pyridine rings is 1. The summed E-state index contributed by atoms with van der Waals surface area (Å²) in [6.45, 7) is 0. The molecule has 0 aromatic carbocycles. The van der Waals surface area contributed by atoms with E-state index in [4.69, 9.17) is 0 Å². The molecule has 3 heteroatoms. The van der Waals surface area contributed by atoms with Crippen LogP contribution in [0.2, 0.25) is 0 Å². The summed E-state index contributed by atoms with van der Waals surface area (Å²) in [5.41, 5.74) is 1.61. The van der Waals surface area contributed by atoms with E-state index in [2.05, 4.69) is 42.4 Å². The summed E-state index contributed by atoms with van der Waals surface area (Å²) >= 11 is 0. The van der Waals surface area contributed by atoms with Gasteiger partial charge in [-0.25, -0.2) is 0 Å². The molecule has 1 heterocycles. The number of aromatic nitrogens is 1. The van der Waals surface area contributed by atoms with Crippen LogP contribution in [0.25, 0.3) is 0 Å². The lowest BCUT2D eigenvalue weighted by Crippen LogP contribution is -2.59. The molecule has 1 aliphatic carbocycles. The van der Waals surface area contributed by atoms with E-state index in [1.165, 1.54) is 44.1 Å². The zero-order chi connectivity index (χ0) is 14.4. The molecule has 1 aromatic rings. The second kappa shape index (κ2) is 7.19. The van der Waals surface area contributed by atoms with Crippen LogP contribution >= 0.6 is 0 Å². The highest BCUT2D eigenvalue weighted by Gasteiger charge is 2.40. The number of hydrogen-bond donors (Lipinski definition) is 1. The molecular formula is C17H29N3. The monoisotopic (exact) mass is 275 g/mol. The molecule has 0 aliphatic heterocycles. The molecule has 1 saturated carbocycles. The second-order valence-electron chi connectivity index (χ2n) is 6.32. The maximum absolute atomic E-state index is 4.26. The quantitative estimate of drug-likeness (QED) is 0.838. The van der Waals surface area contributed by atoms with E-state index in [9.17, 15) is 0 Å². The van der Waals surface area contributed by atoms with E-state index in [1.54, 1.807) is 0 Å². The van der Waals surface area contributed by atoms with E-state index >= 15 is 0 Å². The molecule has 3 nitrogen and oxygen atoms in total. The number of likely N-dealkylation sites (N-methyl/N-ethyl adjacent to an activating group) is 2. The van der Waals surface area contributed by atoms with Gasteiger partial charge in [0.2, 0.25) is 0 Å². The first kappa shape index (κ1) is 15.5. The maximum Gasteiger partial charge on any atom is 0.0359 e. The summed E-state index contributed by atoms with van der Waals surface area (Å²) in [6.07, 6.45) is 13.0. The van der Waals surface area contributed by atoms with Gasteiger partial charge in [0, 0.05) is 24.0 Å². The smallest absolute Gasteiger partial charge is 0.0359 e. The van der Waals surface area contributed by atoms with Crippen LogP contribution in [0.15, 0.2) is 24.5 Å². The van der Waals surface area contributed by atoms with Crippen molar-refractivity contribution in [3.8, 4) is 0 Å². The van der Waals surface area contributed by atoms with Crippen LogP contribution in [0.1, 0.15) is 44.1 Å². The number of hydrogen-bond acceptors (Lipinski definition) is 3. The minimum absolute atomic E-state index is 0.279. The molecule has 1 aromatic heterocycles. The van der Waals surface area contributed by atoms with E-state index in [0.29, 0.717) is 6.04 Å². The van der Waals surface area contributed by atoms with Gasteiger partial charge in [-0.2, -0.15) is 0 Å².